The highest BCUT2D eigenvalue weighted by Gasteiger charge is 1.62. The van der Waals surface area contributed by atoms with Crippen LogP contribution in [0.1, 0.15) is 13.8 Å². The van der Waals surface area contributed by atoms with Crippen molar-refractivity contribution in [3.05, 3.63) is 11.1 Å². The second kappa shape index (κ2) is 5.25. The molecule has 0 aromatic heterocycles. The van der Waals surface area contributed by atoms with Crippen molar-refractivity contribution in [2.45, 2.75) is 13.8 Å². The first-order chi connectivity index (χ1) is 2.27. The van der Waals surface area contributed by atoms with E-state index in [1.54, 1.807) is 5.54 Å². The lowest BCUT2D eigenvalue weighted by molar-refractivity contribution is 1.41. The normalized spacial score (nSPS) is 5.83. The summed E-state index contributed by atoms with van der Waals surface area (Å²) in [5, 5.41) is 0. The van der Waals surface area contributed by atoms with E-state index in [2.05, 4.69) is 0 Å². The van der Waals surface area contributed by atoms with Crippen LogP contribution in [0.4, 0.5) is 0 Å². The van der Waals surface area contributed by atoms with E-state index in [1.807, 2.05) is 13.8 Å². The van der Waals surface area contributed by atoms with E-state index < -0.39 is 0 Å². The van der Waals surface area contributed by atoms with Gasteiger partial charge in [0.05, 0.1) is 0 Å². The third kappa shape index (κ3) is 8.87. The van der Waals surface area contributed by atoms with Gasteiger partial charge in [-0.25, -0.2) is 0 Å². The van der Waals surface area contributed by atoms with Crippen molar-refractivity contribution in [1.29, 1.82) is 0 Å². The van der Waals surface area contributed by atoms with Crippen molar-refractivity contribution in [3.63, 3.8) is 0 Å². The predicted octanol–water partition coefficient (Wildman–Crippen LogP) is 0.697. The molecule has 0 aromatic carbocycles. The Hall–Kier alpha value is 0.247. The lowest BCUT2D eigenvalue weighted by atomic mass is 10.4. The van der Waals surface area contributed by atoms with E-state index in [0.717, 1.165) is 5.57 Å². The molecule has 0 aliphatic heterocycles. The molecular weight excluding hydrogens is 112 g/mol. The average Bonchev–Trinajstić information content (AvgIpc) is 1.38. The number of hydrogen-bond acceptors (Lipinski definition) is 0. The van der Waals surface area contributed by atoms with Gasteiger partial charge in [0.1, 0.15) is 0 Å². The van der Waals surface area contributed by atoms with Crippen LogP contribution in [0, 0.1) is 0 Å². The summed E-state index contributed by atoms with van der Waals surface area (Å²) in [6, 6.07) is 0. The van der Waals surface area contributed by atoms with Crippen molar-refractivity contribution in [1.82, 2.24) is 0 Å². The molecule has 38 valence electrons. The Bertz CT molecular complexity index is 45.5. The van der Waals surface area contributed by atoms with E-state index in [-0.39, 0.29) is 11.0 Å². The predicted molar refractivity (Wildman–Crippen MR) is 36.6 cm³/mol. The molecular formula is C4H11ClSi. The lowest BCUT2D eigenvalue weighted by Crippen LogP contribution is -1.49. The fraction of sp³-hybridized carbons (Fsp3) is 0.500. The molecule has 0 fully saturated rings. The van der Waals surface area contributed by atoms with Gasteiger partial charge in [-0.05, 0) is 24.8 Å². The van der Waals surface area contributed by atoms with Gasteiger partial charge < -0.3 is 0 Å². The van der Waals surface area contributed by atoms with Gasteiger partial charge in [-0.1, -0.05) is 17.2 Å². The van der Waals surface area contributed by atoms with E-state index >= 15 is 0 Å². The van der Waals surface area contributed by atoms with Gasteiger partial charge in [-0.15, -0.1) is 0 Å². The van der Waals surface area contributed by atoms with Gasteiger partial charge in [-0.2, -0.15) is 0 Å². The zero-order valence-corrected chi connectivity index (χ0v) is 4.21. The third-order valence-electron chi connectivity index (χ3n) is 0.218. The minimum atomic E-state index is 0. The number of hydrogen-bond donors (Lipinski definition) is 0. The molecule has 0 rings (SSSR count). The minimum Gasteiger partial charge on any atom is -0.0930 e. The summed E-state index contributed by atoms with van der Waals surface area (Å²) in [6.07, 6.45) is 0. The first-order valence-electron chi connectivity index (χ1n) is 1.51. The van der Waals surface area contributed by atoms with Gasteiger partial charge >= 0.3 is 0 Å². The maximum Gasteiger partial charge on any atom is 0.00288 e. The Kier molecular flexibility index (Phi) is 8.34. The molecule has 0 saturated heterocycles. The van der Waals surface area contributed by atoms with E-state index in [9.17, 15) is 0 Å². The van der Waals surface area contributed by atoms with Crippen LogP contribution < -0.4 is 0 Å². The standard InChI is InChI=1S/C4H7Cl.H4Si/c1-4(2)3-5;/h3H,1-2H3;1H4. The summed E-state index contributed by atoms with van der Waals surface area (Å²) in [4.78, 5) is 0. The molecule has 0 nitrogen and oxygen atoms in total. The molecule has 0 aromatic rings. The molecule has 2 heteroatoms. The van der Waals surface area contributed by atoms with E-state index in [1.165, 1.54) is 0 Å². The van der Waals surface area contributed by atoms with Crippen LogP contribution in [-0.2, 0) is 0 Å². The van der Waals surface area contributed by atoms with Crippen LogP contribution in [0.2, 0.25) is 0 Å². The molecule has 0 aliphatic carbocycles. The number of allylic oxidation sites excluding steroid dienone is 1. The highest BCUT2D eigenvalue weighted by molar-refractivity contribution is 6.25. The largest absolute Gasteiger partial charge is 0.0930 e. The molecule has 0 amide bonds. The SMILES string of the molecule is CC(C)=CCl.[SiH4]. The maximum atomic E-state index is 5.17. The Morgan fingerprint density at radius 2 is 1.67 bits per heavy atom. The smallest absolute Gasteiger partial charge is 0.00288 e. The highest BCUT2D eigenvalue weighted by atomic mass is 35.5. The quantitative estimate of drug-likeness (QED) is 0.415. The first kappa shape index (κ1) is 9.54. The van der Waals surface area contributed by atoms with Gasteiger partial charge in [0, 0.05) is 5.54 Å². The Morgan fingerprint density at radius 1 is 1.50 bits per heavy atom. The van der Waals surface area contributed by atoms with Crippen molar-refractivity contribution in [2.75, 3.05) is 0 Å². The third-order valence-corrected chi connectivity index (χ3v) is 0.655. The fourth-order valence-electron chi connectivity index (χ4n) is 0. The van der Waals surface area contributed by atoms with Crippen molar-refractivity contribution in [2.24, 2.45) is 0 Å². The first-order valence-corrected chi connectivity index (χ1v) is 1.94. The summed E-state index contributed by atoms with van der Waals surface area (Å²) in [5.74, 6) is 0. The Morgan fingerprint density at radius 3 is 1.67 bits per heavy atom. The molecule has 6 heavy (non-hydrogen) atoms. The van der Waals surface area contributed by atoms with E-state index in [4.69, 9.17) is 11.6 Å². The van der Waals surface area contributed by atoms with Crippen LogP contribution in [-0.4, -0.2) is 11.0 Å². The fourth-order valence-corrected chi connectivity index (χ4v) is 0. The zero-order valence-electron chi connectivity index (χ0n) is 3.46. The number of halogens is 1. The van der Waals surface area contributed by atoms with Gasteiger partial charge in [0.25, 0.3) is 0 Å². The molecule has 0 atom stereocenters. The topological polar surface area (TPSA) is 0 Å². The lowest BCUT2D eigenvalue weighted by Gasteiger charge is -1.71. The van der Waals surface area contributed by atoms with Crippen molar-refractivity contribution in [3.8, 4) is 0 Å². The Balaban J connectivity index is 0. The second-order valence-corrected chi connectivity index (χ2v) is 1.40. The van der Waals surface area contributed by atoms with Gasteiger partial charge in [0.15, 0.2) is 0 Å². The number of rotatable bonds is 0. The van der Waals surface area contributed by atoms with Crippen LogP contribution in [0.25, 0.3) is 0 Å². The minimum absolute atomic E-state index is 0. The average molecular weight is 123 g/mol. The molecule has 0 bridgehead atoms. The molecule has 0 saturated carbocycles. The molecule has 0 heterocycles. The Labute approximate surface area is 48.2 Å². The van der Waals surface area contributed by atoms with Crippen molar-refractivity contribution < 1.29 is 0 Å². The molecule has 0 radical (unpaired) electrons. The molecule has 0 spiro atoms. The van der Waals surface area contributed by atoms with Crippen LogP contribution in [0.15, 0.2) is 11.1 Å². The molecule has 0 unspecified atom stereocenters. The summed E-state index contributed by atoms with van der Waals surface area (Å²) in [7, 11) is 0. The highest BCUT2D eigenvalue weighted by Crippen LogP contribution is 1.88. The summed E-state index contributed by atoms with van der Waals surface area (Å²) < 4.78 is 0. The van der Waals surface area contributed by atoms with Gasteiger partial charge in [0.2, 0.25) is 0 Å². The maximum absolute atomic E-state index is 5.17. The second-order valence-electron chi connectivity index (χ2n) is 1.19. The zero-order chi connectivity index (χ0) is 4.28. The summed E-state index contributed by atoms with van der Waals surface area (Å²) in [5.41, 5.74) is 2.70. The summed E-state index contributed by atoms with van der Waals surface area (Å²) >= 11 is 5.17. The van der Waals surface area contributed by atoms with E-state index in [0.29, 0.717) is 0 Å². The van der Waals surface area contributed by atoms with Crippen LogP contribution >= 0.6 is 11.6 Å². The van der Waals surface area contributed by atoms with Crippen LogP contribution in [0.3, 0.4) is 0 Å². The molecule has 0 N–H and O–H groups in total. The summed E-state index contributed by atoms with van der Waals surface area (Å²) in [6.45, 7) is 3.90. The van der Waals surface area contributed by atoms with Crippen LogP contribution in [0.5, 0.6) is 0 Å². The van der Waals surface area contributed by atoms with Crippen molar-refractivity contribution >= 4 is 22.6 Å². The molecule has 0 aliphatic rings. The van der Waals surface area contributed by atoms with Gasteiger partial charge in [-0.3, -0.25) is 0 Å². The monoisotopic (exact) mass is 122 g/mol.